The molecule has 3 rings (SSSR count). The summed E-state index contributed by atoms with van der Waals surface area (Å²) in [6, 6.07) is 5.94. The second-order valence-corrected chi connectivity index (χ2v) is 5.46. The number of ether oxygens (including phenoxy) is 2. The number of aromatic nitrogens is 3. The minimum absolute atomic E-state index is 0.00432. The molecule has 2 heterocycles. The van der Waals surface area contributed by atoms with E-state index in [0.717, 1.165) is 0 Å². The molecule has 0 fully saturated rings. The van der Waals surface area contributed by atoms with Gasteiger partial charge in [0.25, 0.3) is 0 Å². The van der Waals surface area contributed by atoms with E-state index in [1.54, 1.807) is 19.2 Å². The van der Waals surface area contributed by atoms with Gasteiger partial charge >= 0.3 is 0 Å². The Hall–Kier alpha value is -2.71. The van der Waals surface area contributed by atoms with Crippen LogP contribution in [0.25, 0.3) is 11.0 Å². The Morgan fingerprint density at radius 1 is 1.24 bits per heavy atom. The van der Waals surface area contributed by atoms with E-state index in [0.29, 0.717) is 41.5 Å². The van der Waals surface area contributed by atoms with Crippen LogP contribution in [0.4, 0.5) is 21.7 Å². The fourth-order valence-electron chi connectivity index (χ4n) is 2.13. The highest BCUT2D eigenvalue weighted by atomic mass is 35.5. The van der Waals surface area contributed by atoms with Crippen molar-refractivity contribution in [2.24, 2.45) is 0 Å². The Balaban J connectivity index is 1.93. The van der Waals surface area contributed by atoms with Crippen LogP contribution in [0.2, 0.25) is 5.02 Å². The molecule has 0 aliphatic carbocycles. The molecular weight excluding hydrogens is 349 g/mol. The number of anilines is 3. The van der Waals surface area contributed by atoms with Gasteiger partial charge in [0.05, 0.1) is 17.1 Å². The van der Waals surface area contributed by atoms with Crippen molar-refractivity contribution < 1.29 is 13.9 Å². The van der Waals surface area contributed by atoms with E-state index in [4.69, 9.17) is 26.8 Å². The van der Waals surface area contributed by atoms with Crippen molar-refractivity contribution in [3.63, 3.8) is 0 Å². The number of nitrogen functional groups attached to an aromatic ring is 1. The van der Waals surface area contributed by atoms with Gasteiger partial charge in [0.15, 0.2) is 17.4 Å². The number of hydrogen-bond donors (Lipinski definition) is 2. The maximum absolute atomic E-state index is 13.3. The van der Waals surface area contributed by atoms with Gasteiger partial charge in [-0.2, -0.15) is 0 Å². The number of nitrogens with zero attached hydrogens (tertiary/aromatic N) is 3. The number of nitrogens with two attached hydrogens (primary N) is 1. The highest BCUT2D eigenvalue weighted by Crippen LogP contribution is 2.29. The summed E-state index contributed by atoms with van der Waals surface area (Å²) in [5, 5.41) is 3.04. The topological polar surface area (TPSA) is 95.2 Å². The molecule has 3 aromatic rings. The third-order valence-electron chi connectivity index (χ3n) is 3.33. The number of rotatable bonds is 6. The predicted molar refractivity (Wildman–Crippen MR) is 93.8 cm³/mol. The molecule has 7 nitrogen and oxygen atoms in total. The molecule has 0 aliphatic rings. The van der Waals surface area contributed by atoms with E-state index in [9.17, 15) is 4.39 Å². The Morgan fingerprint density at radius 2 is 2.08 bits per heavy atom. The van der Waals surface area contributed by atoms with Crippen LogP contribution in [0.5, 0.6) is 5.75 Å². The van der Waals surface area contributed by atoms with Gasteiger partial charge in [-0.3, -0.25) is 0 Å². The summed E-state index contributed by atoms with van der Waals surface area (Å²) < 4.78 is 23.7. The molecule has 9 heteroatoms. The number of benzene rings is 1. The SMILES string of the molecule is COCCOc1cc2ncnc(Nc3ccc(F)c(Cl)c3)c2nc1N. The maximum Gasteiger partial charge on any atom is 0.167 e. The van der Waals surface area contributed by atoms with Crippen molar-refractivity contribution in [2.75, 3.05) is 31.4 Å². The molecule has 0 radical (unpaired) electrons. The van der Waals surface area contributed by atoms with Crippen LogP contribution in [-0.4, -0.2) is 35.3 Å². The average Bonchev–Trinajstić information content (AvgIpc) is 2.59. The molecule has 0 bridgehead atoms. The van der Waals surface area contributed by atoms with Crippen molar-refractivity contribution in [1.29, 1.82) is 0 Å². The fraction of sp³-hybridized carbons (Fsp3) is 0.188. The van der Waals surface area contributed by atoms with Crippen LogP contribution < -0.4 is 15.8 Å². The molecule has 25 heavy (non-hydrogen) atoms. The van der Waals surface area contributed by atoms with Crippen LogP contribution in [0.1, 0.15) is 0 Å². The van der Waals surface area contributed by atoms with Crippen molar-refractivity contribution >= 4 is 40.0 Å². The molecule has 1 aromatic carbocycles. The smallest absolute Gasteiger partial charge is 0.167 e. The lowest BCUT2D eigenvalue weighted by molar-refractivity contribution is 0.146. The average molecular weight is 364 g/mol. The molecule has 0 aliphatic heterocycles. The van der Waals surface area contributed by atoms with E-state index in [1.807, 2.05) is 0 Å². The van der Waals surface area contributed by atoms with E-state index in [1.165, 1.54) is 18.5 Å². The van der Waals surface area contributed by atoms with Crippen molar-refractivity contribution in [3.8, 4) is 5.75 Å². The minimum Gasteiger partial charge on any atom is -0.487 e. The summed E-state index contributed by atoms with van der Waals surface area (Å²) in [4.78, 5) is 12.6. The molecule has 0 spiro atoms. The summed E-state index contributed by atoms with van der Waals surface area (Å²) >= 11 is 5.79. The van der Waals surface area contributed by atoms with E-state index in [-0.39, 0.29) is 10.8 Å². The fourth-order valence-corrected chi connectivity index (χ4v) is 2.32. The van der Waals surface area contributed by atoms with Crippen LogP contribution in [0, 0.1) is 5.82 Å². The molecule has 0 saturated carbocycles. The Kier molecular flexibility index (Phi) is 5.11. The number of hydrogen-bond acceptors (Lipinski definition) is 7. The normalized spacial score (nSPS) is 10.8. The molecule has 0 unspecified atom stereocenters. The number of pyridine rings is 1. The van der Waals surface area contributed by atoms with Crippen LogP contribution >= 0.6 is 11.6 Å². The zero-order valence-electron chi connectivity index (χ0n) is 13.3. The lowest BCUT2D eigenvalue weighted by atomic mass is 10.3. The summed E-state index contributed by atoms with van der Waals surface area (Å²) in [6.45, 7) is 0.775. The van der Waals surface area contributed by atoms with Gasteiger partial charge < -0.3 is 20.5 Å². The first-order valence-electron chi connectivity index (χ1n) is 7.33. The Labute approximate surface area is 148 Å². The van der Waals surface area contributed by atoms with Gasteiger partial charge in [0.2, 0.25) is 0 Å². The first-order chi connectivity index (χ1) is 12.1. The Bertz CT molecular complexity index is 909. The summed E-state index contributed by atoms with van der Waals surface area (Å²) in [7, 11) is 1.58. The van der Waals surface area contributed by atoms with Crippen LogP contribution in [0.15, 0.2) is 30.6 Å². The predicted octanol–water partition coefficient (Wildman–Crippen LogP) is 3.17. The van der Waals surface area contributed by atoms with Crippen LogP contribution in [0.3, 0.4) is 0 Å². The third-order valence-corrected chi connectivity index (χ3v) is 3.62. The third kappa shape index (κ3) is 3.86. The van der Waals surface area contributed by atoms with Crippen molar-refractivity contribution in [3.05, 3.63) is 41.4 Å². The maximum atomic E-state index is 13.3. The molecule has 0 atom stereocenters. The molecular formula is C16H15ClFN5O2. The molecule has 130 valence electrons. The molecule has 0 saturated heterocycles. The largest absolute Gasteiger partial charge is 0.487 e. The van der Waals surface area contributed by atoms with Gasteiger partial charge in [0, 0.05) is 18.9 Å². The van der Waals surface area contributed by atoms with Crippen molar-refractivity contribution in [1.82, 2.24) is 15.0 Å². The summed E-state index contributed by atoms with van der Waals surface area (Å²) in [5.41, 5.74) is 7.51. The first-order valence-corrected chi connectivity index (χ1v) is 7.71. The first kappa shape index (κ1) is 17.1. The van der Waals surface area contributed by atoms with E-state index in [2.05, 4.69) is 20.3 Å². The standard InChI is InChI=1S/C16H15ClFN5O2/c1-24-4-5-25-13-7-12-14(23-15(13)19)16(21-8-20-12)22-9-2-3-11(18)10(17)6-9/h2-3,6-8H,4-5H2,1H3,(H2,19,23)(H,20,21,22). The quantitative estimate of drug-likeness (QED) is 0.649. The number of methoxy groups -OCH3 is 1. The number of halogens is 2. The van der Waals surface area contributed by atoms with E-state index < -0.39 is 5.82 Å². The Morgan fingerprint density at radius 3 is 2.84 bits per heavy atom. The summed E-state index contributed by atoms with van der Waals surface area (Å²) in [5.74, 6) is 0.542. The van der Waals surface area contributed by atoms with Gasteiger partial charge in [-0.05, 0) is 18.2 Å². The molecule has 0 amide bonds. The highest BCUT2D eigenvalue weighted by Gasteiger charge is 2.12. The zero-order chi connectivity index (χ0) is 17.8. The van der Waals surface area contributed by atoms with Crippen molar-refractivity contribution in [2.45, 2.75) is 0 Å². The molecule has 3 N–H and O–H groups in total. The lowest BCUT2D eigenvalue weighted by Crippen LogP contribution is -2.07. The van der Waals surface area contributed by atoms with Gasteiger partial charge in [-0.15, -0.1) is 0 Å². The van der Waals surface area contributed by atoms with Crippen LogP contribution in [-0.2, 0) is 4.74 Å². The summed E-state index contributed by atoms with van der Waals surface area (Å²) in [6.07, 6.45) is 1.38. The number of fused-ring (bicyclic) bond motifs is 1. The second-order valence-electron chi connectivity index (χ2n) is 5.06. The van der Waals surface area contributed by atoms with Gasteiger partial charge in [-0.1, -0.05) is 11.6 Å². The van der Waals surface area contributed by atoms with Gasteiger partial charge in [-0.25, -0.2) is 19.3 Å². The van der Waals surface area contributed by atoms with E-state index >= 15 is 0 Å². The van der Waals surface area contributed by atoms with Gasteiger partial charge in [0.1, 0.15) is 24.3 Å². The lowest BCUT2D eigenvalue weighted by Gasteiger charge is -2.11. The monoisotopic (exact) mass is 363 g/mol. The second kappa shape index (κ2) is 7.45. The minimum atomic E-state index is -0.500. The molecule has 2 aromatic heterocycles. The number of nitrogens with one attached hydrogen (secondary N) is 1. The zero-order valence-corrected chi connectivity index (χ0v) is 14.0. The highest BCUT2D eigenvalue weighted by molar-refractivity contribution is 6.31.